The zero-order valence-corrected chi connectivity index (χ0v) is 10.4. The molecule has 0 spiro atoms. The Morgan fingerprint density at radius 3 is 2.65 bits per heavy atom. The smallest absolute Gasteiger partial charge is 0.338 e. The summed E-state index contributed by atoms with van der Waals surface area (Å²) >= 11 is -1.12. The van der Waals surface area contributed by atoms with E-state index in [0.29, 0.717) is 10.5 Å². The van der Waals surface area contributed by atoms with Crippen molar-refractivity contribution >= 4 is 27.9 Å². The average Bonchev–Trinajstić information content (AvgIpc) is 2.36. The van der Waals surface area contributed by atoms with Crippen LogP contribution in [0.3, 0.4) is 0 Å². The van der Waals surface area contributed by atoms with Gasteiger partial charge in [-0.25, -0.2) is 4.79 Å². The van der Waals surface area contributed by atoms with Crippen LogP contribution in [0.1, 0.15) is 10.4 Å². The van der Waals surface area contributed by atoms with Gasteiger partial charge in [-0.05, 0) is 21.9 Å². The summed E-state index contributed by atoms with van der Waals surface area (Å²) in [5, 5.41) is 1.70. The van der Waals surface area contributed by atoms with Gasteiger partial charge in [-0.3, -0.25) is 0 Å². The molecule has 4 heteroatoms. The van der Waals surface area contributed by atoms with E-state index in [1.54, 1.807) is 12.3 Å². The summed E-state index contributed by atoms with van der Waals surface area (Å²) in [5.41, 5.74) is 0.454. The van der Waals surface area contributed by atoms with Gasteiger partial charge in [0.15, 0.2) is 4.90 Å². The molecule has 0 radical (unpaired) electrons. The monoisotopic (exact) mass is 248 g/mol. The average molecular weight is 248 g/mol. The van der Waals surface area contributed by atoms with Crippen LogP contribution in [0.5, 0.6) is 0 Å². The lowest BCUT2D eigenvalue weighted by atomic mass is 10.0. The summed E-state index contributed by atoms with van der Waals surface area (Å²) in [6.07, 6.45) is 1.59. The van der Waals surface area contributed by atoms with Crippen molar-refractivity contribution in [2.24, 2.45) is 0 Å². The number of benzene rings is 2. The van der Waals surface area contributed by atoms with Gasteiger partial charge >= 0.3 is 5.97 Å². The Morgan fingerprint density at radius 2 is 2.00 bits per heavy atom. The molecule has 0 amide bonds. The summed E-state index contributed by atoms with van der Waals surface area (Å²) in [6.45, 7) is 0. The minimum Gasteiger partial charge on any atom is -0.612 e. The second kappa shape index (κ2) is 4.77. The van der Waals surface area contributed by atoms with E-state index in [9.17, 15) is 9.35 Å². The molecular weight excluding hydrogens is 236 g/mol. The molecule has 3 nitrogen and oxygen atoms in total. The molecule has 0 saturated carbocycles. The predicted molar refractivity (Wildman–Crippen MR) is 67.6 cm³/mol. The molecule has 0 heterocycles. The summed E-state index contributed by atoms with van der Waals surface area (Å²) in [6, 6.07) is 10.9. The highest BCUT2D eigenvalue weighted by molar-refractivity contribution is 7.90. The SMILES string of the molecule is COC(=O)c1cc([S+](C)[O-])cc2ccccc12. The maximum Gasteiger partial charge on any atom is 0.338 e. The molecular formula is C13H12O3S. The third-order valence-electron chi connectivity index (χ3n) is 2.57. The normalized spacial score (nSPS) is 12.4. The van der Waals surface area contributed by atoms with Gasteiger partial charge in [-0.1, -0.05) is 24.3 Å². The Morgan fingerprint density at radius 1 is 1.29 bits per heavy atom. The van der Waals surface area contributed by atoms with E-state index in [1.165, 1.54) is 7.11 Å². The summed E-state index contributed by atoms with van der Waals surface area (Å²) in [4.78, 5) is 12.3. The Bertz CT molecular complexity index is 564. The molecule has 0 aliphatic heterocycles. The first-order valence-electron chi connectivity index (χ1n) is 5.08. The zero-order valence-electron chi connectivity index (χ0n) is 9.60. The van der Waals surface area contributed by atoms with Crippen LogP contribution < -0.4 is 0 Å². The fourth-order valence-corrected chi connectivity index (χ4v) is 2.30. The molecule has 0 N–H and O–H groups in total. The number of carbonyl (C=O) groups is 1. The lowest BCUT2D eigenvalue weighted by Crippen LogP contribution is -2.05. The first-order valence-corrected chi connectivity index (χ1v) is 6.64. The van der Waals surface area contributed by atoms with Crippen molar-refractivity contribution in [1.82, 2.24) is 0 Å². The highest BCUT2D eigenvalue weighted by atomic mass is 32.2. The fraction of sp³-hybridized carbons (Fsp3) is 0.154. The molecule has 0 bridgehead atoms. The van der Waals surface area contributed by atoms with Gasteiger partial charge < -0.3 is 9.29 Å². The number of carbonyl (C=O) groups excluding carboxylic acids is 1. The molecule has 17 heavy (non-hydrogen) atoms. The topological polar surface area (TPSA) is 49.4 Å². The number of esters is 1. The van der Waals surface area contributed by atoms with Gasteiger partial charge in [-0.2, -0.15) is 0 Å². The van der Waals surface area contributed by atoms with E-state index in [0.717, 1.165) is 10.8 Å². The van der Waals surface area contributed by atoms with Crippen LogP contribution in [0.15, 0.2) is 41.3 Å². The predicted octanol–water partition coefficient (Wildman–Crippen LogP) is 2.36. The summed E-state index contributed by atoms with van der Waals surface area (Å²) in [7, 11) is 1.34. The second-order valence-electron chi connectivity index (χ2n) is 3.64. The second-order valence-corrected chi connectivity index (χ2v) is 5.02. The molecule has 2 aromatic carbocycles. The van der Waals surface area contributed by atoms with Gasteiger partial charge in [0.2, 0.25) is 0 Å². The van der Waals surface area contributed by atoms with Crippen LogP contribution >= 0.6 is 0 Å². The van der Waals surface area contributed by atoms with Gasteiger partial charge in [0.25, 0.3) is 0 Å². The number of hydrogen-bond acceptors (Lipinski definition) is 3. The molecule has 1 atom stereocenters. The van der Waals surface area contributed by atoms with Crippen LogP contribution in [0, 0.1) is 0 Å². The minimum atomic E-state index is -1.12. The quantitative estimate of drug-likeness (QED) is 0.605. The molecule has 88 valence electrons. The molecule has 0 aliphatic rings. The Kier molecular flexibility index (Phi) is 3.36. The fourth-order valence-electron chi connectivity index (χ4n) is 1.73. The van der Waals surface area contributed by atoms with Crippen molar-refractivity contribution in [1.29, 1.82) is 0 Å². The first-order chi connectivity index (χ1) is 8.13. The highest BCUT2D eigenvalue weighted by Gasteiger charge is 2.15. The lowest BCUT2D eigenvalue weighted by molar-refractivity contribution is 0.0602. The number of ether oxygens (including phenoxy) is 1. The van der Waals surface area contributed by atoms with Crippen LogP contribution in [-0.2, 0) is 15.9 Å². The van der Waals surface area contributed by atoms with E-state index in [-0.39, 0.29) is 0 Å². The maximum absolute atomic E-state index is 11.7. The lowest BCUT2D eigenvalue weighted by Gasteiger charge is -2.09. The van der Waals surface area contributed by atoms with Gasteiger partial charge in [0.1, 0.15) is 6.26 Å². The largest absolute Gasteiger partial charge is 0.612 e. The number of hydrogen-bond donors (Lipinski definition) is 0. The van der Waals surface area contributed by atoms with E-state index in [4.69, 9.17) is 4.74 Å². The van der Waals surface area contributed by atoms with Gasteiger partial charge in [-0.15, -0.1) is 0 Å². The van der Waals surface area contributed by atoms with Crippen LogP contribution in [0.25, 0.3) is 10.8 Å². The molecule has 0 saturated heterocycles. The first kappa shape index (κ1) is 12.0. The van der Waals surface area contributed by atoms with Crippen LogP contribution in [0.2, 0.25) is 0 Å². The third-order valence-corrected chi connectivity index (χ3v) is 3.47. The van der Waals surface area contributed by atoms with Crippen LogP contribution in [0.4, 0.5) is 0 Å². The van der Waals surface area contributed by atoms with E-state index in [1.807, 2.05) is 30.3 Å². The van der Waals surface area contributed by atoms with Crippen molar-refractivity contribution in [2.45, 2.75) is 4.90 Å². The van der Waals surface area contributed by atoms with Crippen molar-refractivity contribution in [2.75, 3.05) is 13.4 Å². The Hall–Kier alpha value is -1.52. The zero-order chi connectivity index (χ0) is 12.4. The number of fused-ring (bicyclic) bond motifs is 1. The third kappa shape index (κ3) is 2.28. The van der Waals surface area contributed by atoms with E-state index >= 15 is 0 Å². The summed E-state index contributed by atoms with van der Waals surface area (Å²) < 4.78 is 16.3. The van der Waals surface area contributed by atoms with E-state index < -0.39 is 17.1 Å². The summed E-state index contributed by atoms with van der Waals surface area (Å²) in [5.74, 6) is -0.409. The van der Waals surface area contributed by atoms with Gasteiger partial charge in [0, 0.05) is 12.1 Å². The Labute approximate surface area is 103 Å². The standard InChI is InChI=1S/C13H12O3S/c1-16-13(14)12-8-10(17(2)15)7-9-5-3-4-6-11(9)12/h3-8H,1-2H3. The molecule has 2 rings (SSSR count). The van der Waals surface area contributed by atoms with Crippen molar-refractivity contribution in [3.8, 4) is 0 Å². The number of rotatable bonds is 2. The van der Waals surface area contributed by atoms with Crippen LogP contribution in [-0.4, -0.2) is 23.9 Å². The molecule has 1 unspecified atom stereocenters. The van der Waals surface area contributed by atoms with Crippen molar-refractivity contribution in [3.05, 3.63) is 42.0 Å². The molecule has 0 aromatic heterocycles. The van der Waals surface area contributed by atoms with Gasteiger partial charge in [0.05, 0.1) is 12.7 Å². The van der Waals surface area contributed by atoms with E-state index in [2.05, 4.69) is 0 Å². The Balaban J connectivity index is 2.73. The maximum atomic E-state index is 11.7. The van der Waals surface area contributed by atoms with Crippen molar-refractivity contribution < 1.29 is 14.1 Å². The minimum absolute atomic E-state index is 0.409. The highest BCUT2D eigenvalue weighted by Crippen LogP contribution is 2.24. The molecule has 2 aromatic rings. The molecule has 0 aliphatic carbocycles. The number of methoxy groups -OCH3 is 1. The van der Waals surface area contributed by atoms with Crippen molar-refractivity contribution in [3.63, 3.8) is 0 Å². The molecule has 0 fully saturated rings.